The fourth-order valence-corrected chi connectivity index (χ4v) is 3.06. The van der Waals surface area contributed by atoms with Crippen molar-refractivity contribution in [2.45, 2.75) is 39.0 Å². The molecule has 19 heavy (non-hydrogen) atoms. The maximum absolute atomic E-state index is 12.0. The molecule has 0 N–H and O–H groups in total. The summed E-state index contributed by atoms with van der Waals surface area (Å²) < 4.78 is 0. The fraction of sp³-hybridized carbons (Fsp3) is 0.786. The van der Waals surface area contributed by atoms with Crippen LogP contribution in [0, 0.1) is 17.8 Å². The highest BCUT2D eigenvalue weighted by atomic mass is 31.0. The lowest BCUT2D eigenvalue weighted by molar-refractivity contribution is -0.135. The molecule has 1 fully saturated rings. The zero-order valence-corrected chi connectivity index (χ0v) is 13.0. The van der Waals surface area contributed by atoms with E-state index >= 15 is 0 Å². The van der Waals surface area contributed by atoms with Crippen LogP contribution in [0.5, 0.6) is 0 Å². The Balaban J connectivity index is 2.37. The predicted molar refractivity (Wildman–Crippen MR) is 77.6 cm³/mol. The maximum Gasteiger partial charge on any atom is 0.225 e. The topological polar surface area (TPSA) is 54.5 Å². The molecule has 5 heteroatoms. The molecule has 0 bridgehead atoms. The van der Waals surface area contributed by atoms with Gasteiger partial charge in [-0.2, -0.15) is 0 Å². The molecule has 0 heterocycles. The van der Waals surface area contributed by atoms with Gasteiger partial charge in [0.05, 0.1) is 0 Å². The standard InChI is InChI=1S/C14H24NO3P/c1-10(7-8-16)13(17)15(2)9-11-3-5-12(6-4-11)14(18)19/h8,10-12H,3-7,9,19H2,1-2H3. The van der Waals surface area contributed by atoms with E-state index in [9.17, 15) is 14.4 Å². The lowest BCUT2D eigenvalue weighted by Crippen LogP contribution is -2.37. The van der Waals surface area contributed by atoms with E-state index in [4.69, 9.17) is 0 Å². The first-order chi connectivity index (χ1) is 8.95. The molecule has 0 aromatic rings. The Kier molecular flexibility index (Phi) is 6.64. The van der Waals surface area contributed by atoms with E-state index in [1.165, 1.54) is 0 Å². The van der Waals surface area contributed by atoms with E-state index < -0.39 is 0 Å². The van der Waals surface area contributed by atoms with Gasteiger partial charge in [0.15, 0.2) is 5.52 Å². The number of amides is 1. The number of hydrogen-bond donors (Lipinski definition) is 0. The Bertz CT molecular complexity index is 338. The first-order valence-electron chi connectivity index (χ1n) is 6.93. The van der Waals surface area contributed by atoms with E-state index in [0.717, 1.165) is 38.5 Å². The van der Waals surface area contributed by atoms with Gasteiger partial charge in [-0.15, -0.1) is 0 Å². The van der Waals surface area contributed by atoms with Crippen molar-refractivity contribution < 1.29 is 14.4 Å². The van der Waals surface area contributed by atoms with Crippen molar-refractivity contribution in [3.63, 3.8) is 0 Å². The molecule has 0 spiro atoms. The number of carbonyl (C=O) groups excluding carboxylic acids is 3. The third-order valence-electron chi connectivity index (χ3n) is 4.03. The zero-order chi connectivity index (χ0) is 14.4. The van der Waals surface area contributed by atoms with Gasteiger partial charge in [0.25, 0.3) is 0 Å². The van der Waals surface area contributed by atoms with E-state index in [-0.39, 0.29) is 29.7 Å². The summed E-state index contributed by atoms with van der Waals surface area (Å²) in [6.07, 6.45) is 4.95. The summed E-state index contributed by atoms with van der Waals surface area (Å²) in [5.74, 6) is 0.484. The second-order valence-electron chi connectivity index (χ2n) is 5.64. The van der Waals surface area contributed by atoms with E-state index in [0.29, 0.717) is 5.92 Å². The van der Waals surface area contributed by atoms with Crippen molar-refractivity contribution in [3.05, 3.63) is 0 Å². The predicted octanol–water partition coefficient (Wildman–Crippen LogP) is 1.88. The second kappa shape index (κ2) is 7.74. The Morgan fingerprint density at radius 2 is 1.89 bits per heavy atom. The maximum atomic E-state index is 12.0. The van der Waals surface area contributed by atoms with Gasteiger partial charge in [-0.25, -0.2) is 0 Å². The van der Waals surface area contributed by atoms with Gasteiger partial charge >= 0.3 is 0 Å². The van der Waals surface area contributed by atoms with Gasteiger partial charge in [-0.05, 0) is 31.6 Å². The highest BCUT2D eigenvalue weighted by molar-refractivity contribution is 7.40. The first kappa shape index (κ1) is 16.3. The molecule has 0 saturated heterocycles. The number of hydrogen-bond acceptors (Lipinski definition) is 3. The Labute approximate surface area is 117 Å². The first-order valence-corrected chi connectivity index (χ1v) is 7.51. The molecule has 1 aliphatic rings. The van der Waals surface area contributed by atoms with Crippen LogP contribution < -0.4 is 0 Å². The van der Waals surface area contributed by atoms with Crippen LogP contribution in [0.15, 0.2) is 0 Å². The van der Waals surface area contributed by atoms with Gasteiger partial charge in [0.1, 0.15) is 6.29 Å². The van der Waals surface area contributed by atoms with Crippen LogP contribution in [-0.4, -0.2) is 36.2 Å². The molecule has 108 valence electrons. The molecule has 2 unspecified atom stereocenters. The average molecular weight is 285 g/mol. The minimum Gasteiger partial charge on any atom is -0.345 e. The van der Waals surface area contributed by atoms with E-state index in [2.05, 4.69) is 9.24 Å². The lowest BCUT2D eigenvalue weighted by Gasteiger charge is -2.31. The molecule has 1 amide bonds. The van der Waals surface area contributed by atoms with E-state index in [1.54, 1.807) is 18.9 Å². The number of rotatable bonds is 6. The van der Waals surface area contributed by atoms with Crippen LogP contribution in [0.25, 0.3) is 0 Å². The Morgan fingerprint density at radius 3 is 2.37 bits per heavy atom. The summed E-state index contributed by atoms with van der Waals surface area (Å²) in [6, 6.07) is 0. The fourth-order valence-electron chi connectivity index (χ4n) is 2.73. The highest BCUT2D eigenvalue weighted by Gasteiger charge is 2.26. The lowest BCUT2D eigenvalue weighted by atomic mass is 9.82. The monoisotopic (exact) mass is 285 g/mol. The van der Waals surface area contributed by atoms with Crippen LogP contribution in [0.2, 0.25) is 0 Å². The summed E-state index contributed by atoms with van der Waals surface area (Å²) in [7, 11) is 4.08. The number of nitrogens with zero attached hydrogens (tertiary/aromatic N) is 1. The van der Waals surface area contributed by atoms with Gasteiger partial charge in [0, 0.05) is 31.8 Å². The van der Waals surface area contributed by atoms with Crippen molar-refractivity contribution in [2.75, 3.05) is 13.6 Å². The third kappa shape index (κ3) is 5.02. The number of aldehydes is 1. The molecular formula is C14H24NO3P. The van der Waals surface area contributed by atoms with Gasteiger partial charge in [0.2, 0.25) is 5.91 Å². The summed E-state index contributed by atoms with van der Waals surface area (Å²) in [6.45, 7) is 2.52. The summed E-state index contributed by atoms with van der Waals surface area (Å²) in [4.78, 5) is 35.4. The second-order valence-corrected chi connectivity index (χ2v) is 6.21. The van der Waals surface area contributed by atoms with Gasteiger partial charge in [-0.3, -0.25) is 9.59 Å². The smallest absolute Gasteiger partial charge is 0.225 e. The van der Waals surface area contributed by atoms with Crippen LogP contribution >= 0.6 is 9.24 Å². The van der Waals surface area contributed by atoms with Crippen molar-refractivity contribution in [3.8, 4) is 0 Å². The van der Waals surface area contributed by atoms with Crippen LogP contribution in [0.4, 0.5) is 0 Å². The quantitative estimate of drug-likeness (QED) is 0.553. The normalized spacial score (nSPS) is 24.6. The summed E-state index contributed by atoms with van der Waals surface area (Å²) >= 11 is 0. The van der Waals surface area contributed by atoms with Crippen molar-refractivity contribution in [1.82, 2.24) is 4.90 Å². The van der Waals surface area contributed by atoms with Crippen molar-refractivity contribution in [1.29, 1.82) is 0 Å². The molecule has 1 saturated carbocycles. The third-order valence-corrected chi connectivity index (χ3v) is 4.50. The molecule has 0 aromatic carbocycles. The molecule has 1 rings (SSSR count). The molecule has 4 nitrogen and oxygen atoms in total. The molecule has 2 atom stereocenters. The largest absolute Gasteiger partial charge is 0.345 e. The Hall–Kier alpha value is -0.760. The molecular weight excluding hydrogens is 261 g/mol. The van der Waals surface area contributed by atoms with Crippen LogP contribution in [0.1, 0.15) is 39.0 Å². The highest BCUT2D eigenvalue weighted by Crippen LogP contribution is 2.31. The van der Waals surface area contributed by atoms with E-state index in [1.807, 2.05) is 0 Å². The average Bonchev–Trinajstić information content (AvgIpc) is 2.38. The van der Waals surface area contributed by atoms with Gasteiger partial charge < -0.3 is 9.69 Å². The minimum atomic E-state index is -0.229. The van der Waals surface area contributed by atoms with Crippen molar-refractivity contribution >= 4 is 27.0 Å². The Morgan fingerprint density at radius 1 is 1.32 bits per heavy atom. The van der Waals surface area contributed by atoms with Crippen LogP contribution in [-0.2, 0) is 14.4 Å². The van der Waals surface area contributed by atoms with Crippen molar-refractivity contribution in [2.24, 2.45) is 17.8 Å². The molecule has 0 aromatic heterocycles. The van der Waals surface area contributed by atoms with Gasteiger partial charge in [-0.1, -0.05) is 16.2 Å². The summed E-state index contributed by atoms with van der Waals surface area (Å²) in [5.41, 5.74) is 0.211. The molecule has 0 aliphatic heterocycles. The molecule has 0 radical (unpaired) electrons. The zero-order valence-electron chi connectivity index (χ0n) is 11.8. The number of carbonyl (C=O) groups is 3. The molecule has 1 aliphatic carbocycles. The van der Waals surface area contributed by atoms with Crippen LogP contribution in [0.3, 0.4) is 0 Å². The summed E-state index contributed by atoms with van der Waals surface area (Å²) in [5, 5.41) is 0. The minimum absolute atomic E-state index is 0.0383. The SMILES string of the molecule is CC(CC=O)C(=O)N(C)CC1CCC(C(=O)P)CC1.